The molecule has 1 aromatic heterocycles. The molecule has 4 amide bonds. The molecule has 2 aliphatic heterocycles. The first kappa shape index (κ1) is 34.0. The quantitative estimate of drug-likeness (QED) is 0.319. The number of benzene rings is 1. The number of sulfonamides is 1. The van der Waals surface area contributed by atoms with Crippen LogP contribution in [0.2, 0.25) is 0 Å². The van der Waals surface area contributed by atoms with Crippen LogP contribution in [0, 0.1) is 18.7 Å². The molecule has 14 nitrogen and oxygen atoms in total. The Labute approximate surface area is 284 Å². The van der Waals surface area contributed by atoms with Crippen LogP contribution in [0.3, 0.4) is 0 Å². The lowest BCUT2D eigenvalue weighted by atomic mass is 10.1. The molecule has 0 radical (unpaired) electrons. The van der Waals surface area contributed by atoms with Crippen LogP contribution in [0.5, 0.6) is 5.88 Å². The standard InChI is InChI=1S/C31H36BrFN6O8S/c1-16-27(35-23-12-18(33)11-21(32)25(23)34-16)47-19-13-24-26(40)37-31(29(42)38-48(45,46)20-9-10-20)14-17(31)7-5-3-2-4-6-8-22(36-30(43)44)28(41)39(24)15-19/h5,7,11-12,17,19-20,22,24,36H,2-4,6,8-10,13-15H2,1H3,(H,37,40)(H,38,42)(H,43,44)/t17-,19-,22+,24+,31-/m1/s1. The van der Waals surface area contributed by atoms with Crippen molar-refractivity contribution >= 4 is 60.8 Å². The average Bonchev–Trinajstić information content (AvgIpc) is 3.93. The maximum atomic E-state index is 14.1. The first-order chi connectivity index (χ1) is 22.8. The number of aromatic nitrogens is 2. The highest BCUT2D eigenvalue weighted by molar-refractivity contribution is 9.10. The predicted molar refractivity (Wildman–Crippen MR) is 173 cm³/mol. The Morgan fingerprint density at radius 3 is 2.67 bits per heavy atom. The third-order valence-electron chi connectivity index (χ3n) is 9.24. The maximum Gasteiger partial charge on any atom is 0.405 e. The first-order valence-electron chi connectivity index (χ1n) is 15.9. The summed E-state index contributed by atoms with van der Waals surface area (Å²) < 4.78 is 48.2. The van der Waals surface area contributed by atoms with E-state index in [1.165, 1.54) is 17.0 Å². The minimum atomic E-state index is -3.91. The second-order valence-electron chi connectivity index (χ2n) is 12.9. The van der Waals surface area contributed by atoms with Gasteiger partial charge in [0.2, 0.25) is 27.7 Å². The third-order valence-corrected chi connectivity index (χ3v) is 11.7. The lowest BCUT2D eigenvalue weighted by molar-refractivity contribution is -0.141. The van der Waals surface area contributed by atoms with E-state index in [1.54, 1.807) is 6.92 Å². The number of hydrogen-bond donors (Lipinski definition) is 4. The predicted octanol–water partition coefficient (Wildman–Crippen LogP) is 2.83. The summed E-state index contributed by atoms with van der Waals surface area (Å²) in [6.07, 6.45) is 5.36. The molecule has 4 aliphatic rings. The summed E-state index contributed by atoms with van der Waals surface area (Å²) in [4.78, 5) is 63.4. The summed E-state index contributed by atoms with van der Waals surface area (Å²) in [5, 5.41) is 13.9. The van der Waals surface area contributed by atoms with E-state index in [0.29, 0.717) is 47.8 Å². The van der Waals surface area contributed by atoms with Crippen molar-refractivity contribution in [3.8, 4) is 5.88 Å². The van der Waals surface area contributed by atoms with Gasteiger partial charge in [0.25, 0.3) is 5.91 Å². The molecule has 258 valence electrons. The average molecular weight is 752 g/mol. The van der Waals surface area contributed by atoms with Gasteiger partial charge in [0.05, 0.1) is 17.3 Å². The van der Waals surface area contributed by atoms with Crippen molar-refractivity contribution in [1.29, 1.82) is 0 Å². The number of allylic oxidation sites excluding steroid dienone is 1. The second kappa shape index (κ2) is 13.2. The Morgan fingerprint density at radius 1 is 1.17 bits per heavy atom. The number of carbonyl (C=O) groups is 4. The lowest BCUT2D eigenvalue weighted by Crippen LogP contribution is -2.58. The van der Waals surface area contributed by atoms with Gasteiger partial charge in [-0.15, -0.1) is 0 Å². The number of aryl methyl sites for hydroxylation is 1. The van der Waals surface area contributed by atoms with Crippen LogP contribution in [0.4, 0.5) is 9.18 Å². The molecule has 2 aliphatic carbocycles. The summed E-state index contributed by atoms with van der Waals surface area (Å²) in [6.45, 7) is 1.52. The normalized spacial score (nSPS) is 28.0. The Hall–Kier alpha value is -3.86. The summed E-state index contributed by atoms with van der Waals surface area (Å²) >= 11 is 3.29. The molecular weight excluding hydrogens is 715 g/mol. The molecule has 17 heteroatoms. The zero-order chi connectivity index (χ0) is 34.4. The number of carbonyl (C=O) groups excluding carboxylic acids is 3. The highest BCUT2D eigenvalue weighted by atomic mass is 79.9. The largest absolute Gasteiger partial charge is 0.471 e. The van der Waals surface area contributed by atoms with Gasteiger partial charge >= 0.3 is 6.09 Å². The fourth-order valence-corrected chi connectivity index (χ4v) is 8.29. The van der Waals surface area contributed by atoms with E-state index >= 15 is 0 Å². The summed E-state index contributed by atoms with van der Waals surface area (Å²) in [5.74, 6) is -3.12. The van der Waals surface area contributed by atoms with Crippen molar-refractivity contribution in [1.82, 2.24) is 30.2 Å². The number of nitrogens with zero attached hydrogens (tertiary/aromatic N) is 3. The number of halogens is 2. The van der Waals surface area contributed by atoms with E-state index in [-0.39, 0.29) is 37.2 Å². The van der Waals surface area contributed by atoms with Crippen LogP contribution in [-0.4, -0.2) is 87.7 Å². The molecule has 6 rings (SSSR count). The molecule has 0 bridgehead atoms. The Morgan fingerprint density at radius 2 is 1.94 bits per heavy atom. The molecule has 5 atom stereocenters. The number of ether oxygens (including phenoxy) is 1. The number of rotatable bonds is 6. The molecule has 2 aromatic rings. The smallest absolute Gasteiger partial charge is 0.405 e. The van der Waals surface area contributed by atoms with Crippen molar-refractivity contribution < 1.29 is 41.8 Å². The Kier molecular flexibility index (Phi) is 9.37. The van der Waals surface area contributed by atoms with Crippen LogP contribution >= 0.6 is 15.9 Å². The highest BCUT2D eigenvalue weighted by Gasteiger charge is 2.62. The van der Waals surface area contributed by atoms with Gasteiger partial charge in [-0.25, -0.2) is 27.6 Å². The topological polar surface area (TPSA) is 197 Å². The van der Waals surface area contributed by atoms with E-state index < -0.39 is 74.5 Å². The van der Waals surface area contributed by atoms with Crippen LogP contribution in [0.15, 0.2) is 28.8 Å². The van der Waals surface area contributed by atoms with E-state index in [1.807, 2.05) is 12.2 Å². The van der Waals surface area contributed by atoms with Gasteiger partial charge in [-0.1, -0.05) is 25.0 Å². The van der Waals surface area contributed by atoms with E-state index in [0.717, 1.165) is 6.42 Å². The van der Waals surface area contributed by atoms with Gasteiger partial charge in [-0.05, 0) is 67.4 Å². The number of carboxylic acid groups (broad SMARTS) is 1. The van der Waals surface area contributed by atoms with Gasteiger partial charge in [0.15, 0.2) is 0 Å². The number of fused-ring (bicyclic) bond motifs is 3. The van der Waals surface area contributed by atoms with Crippen LogP contribution in [0.25, 0.3) is 11.0 Å². The van der Waals surface area contributed by atoms with E-state index in [9.17, 15) is 37.1 Å². The molecule has 2 saturated carbocycles. The highest BCUT2D eigenvalue weighted by Crippen LogP contribution is 2.46. The summed E-state index contributed by atoms with van der Waals surface area (Å²) in [7, 11) is -3.91. The van der Waals surface area contributed by atoms with Crippen molar-refractivity contribution in [3.05, 3.63) is 40.3 Å². The molecule has 0 unspecified atom stereocenters. The van der Waals surface area contributed by atoms with Crippen LogP contribution in [0.1, 0.15) is 63.5 Å². The van der Waals surface area contributed by atoms with Crippen molar-refractivity contribution in [2.24, 2.45) is 5.92 Å². The zero-order valence-corrected chi connectivity index (χ0v) is 28.5. The maximum absolute atomic E-state index is 14.1. The minimum absolute atomic E-state index is 0.0536. The fourth-order valence-electron chi connectivity index (χ4n) is 6.42. The molecule has 1 aromatic carbocycles. The number of amides is 4. The van der Waals surface area contributed by atoms with Gasteiger partial charge in [-0.2, -0.15) is 0 Å². The van der Waals surface area contributed by atoms with Gasteiger partial charge in [-0.3, -0.25) is 19.1 Å². The number of hydrogen-bond acceptors (Lipinski definition) is 9. The molecular formula is C31H36BrFN6O8S. The van der Waals surface area contributed by atoms with Crippen molar-refractivity contribution in [2.45, 2.75) is 93.7 Å². The van der Waals surface area contributed by atoms with E-state index in [4.69, 9.17) is 4.74 Å². The molecule has 3 fully saturated rings. The Bertz CT molecular complexity index is 1810. The SMILES string of the molecule is Cc1nc2c(Br)cc(F)cc2nc1O[C@@H]1C[C@H]2C(=O)N[C@]3(C(=O)NS(=O)(=O)C4CC4)C[C@H]3C=CCCCCC[C@H](NC(=O)O)C(=O)N2C1. The lowest BCUT2D eigenvalue weighted by Gasteiger charge is -2.29. The zero-order valence-electron chi connectivity index (χ0n) is 26.1. The minimum Gasteiger partial charge on any atom is -0.471 e. The molecule has 1 saturated heterocycles. The molecule has 4 N–H and O–H groups in total. The first-order valence-corrected chi connectivity index (χ1v) is 18.3. The van der Waals surface area contributed by atoms with Crippen LogP contribution in [-0.2, 0) is 24.4 Å². The van der Waals surface area contributed by atoms with Crippen LogP contribution < -0.4 is 20.1 Å². The molecule has 0 spiro atoms. The van der Waals surface area contributed by atoms with Gasteiger partial charge in [0, 0.05) is 22.9 Å². The Balaban J connectivity index is 1.30. The van der Waals surface area contributed by atoms with Gasteiger partial charge in [0.1, 0.15) is 40.8 Å². The monoisotopic (exact) mass is 750 g/mol. The van der Waals surface area contributed by atoms with E-state index in [2.05, 4.69) is 41.3 Å². The van der Waals surface area contributed by atoms with Crippen molar-refractivity contribution in [2.75, 3.05) is 6.54 Å². The number of nitrogens with one attached hydrogen (secondary N) is 3. The van der Waals surface area contributed by atoms with Gasteiger partial charge < -0.3 is 25.4 Å². The third kappa shape index (κ3) is 7.11. The fraction of sp³-hybridized carbons (Fsp3) is 0.548. The second-order valence-corrected chi connectivity index (χ2v) is 15.7. The van der Waals surface area contributed by atoms with Crippen molar-refractivity contribution in [3.63, 3.8) is 0 Å². The summed E-state index contributed by atoms with van der Waals surface area (Å²) in [6, 6.07) is 0.126. The molecule has 3 heterocycles. The molecule has 48 heavy (non-hydrogen) atoms. The summed E-state index contributed by atoms with van der Waals surface area (Å²) in [5.41, 5.74) is -0.532.